The second-order valence-electron chi connectivity index (χ2n) is 9.20. The summed E-state index contributed by atoms with van der Waals surface area (Å²) >= 11 is 1.38. The Bertz CT molecular complexity index is 1390. The molecule has 2 N–H and O–H groups in total. The van der Waals surface area contributed by atoms with E-state index in [1.165, 1.54) is 28.7 Å². The summed E-state index contributed by atoms with van der Waals surface area (Å²) in [6.45, 7) is 1.84. The average molecular weight is 487 g/mol. The van der Waals surface area contributed by atoms with Crippen LogP contribution in [0.3, 0.4) is 0 Å². The van der Waals surface area contributed by atoms with E-state index in [2.05, 4.69) is 30.3 Å². The van der Waals surface area contributed by atoms with E-state index in [0.29, 0.717) is 48.4 Å². The van der Waals surface area contributed by atoms with Crippen molar-refractivity contribution in [3.63, 3.8) is 0 Å². The Kier molecular flexibility index (Phi) is 5.53. The molecule has 1 atom stereocenters. The molecule has 1 saturated heterocycles. The molecule has 2 amide bonds. The smallest absolute Gasteiger partial charge is 0.289 e. The van der Waals surface area contributed by atoms with Crippen LogP contribution in [0.15, 0.2) is 59.2 Å². The Morgan fingerprint density at radius 2 is 1.74 bits per heavy atom. The van der Waals surface area contributed by atoms with Crippen LogP contribution in [0.5, 0.6) is 0 Å². The lowest BCUT2D eigenvalue weighted by atomic mass is 9.82. The van der Waals surface area contributed by atoms with E-state index in [1.54, 1.807) is 21.9 Å². The summed E-state index contributed by atoms with van der Waals surface area (Å²) < 4.78 is 5.22. The van der Waals surface area contributed by atoms with Gasteiger partial charge in [0.1, 0.15) is 9.71 Å². The quantitative estimate of drug-likeness (QED) is 0.465. The highest BCUT2D eigenvalue weighted by atomic mass is 32.1. The van der Waals surface area contributed by atoms with Gasteiger partial charge < -0.3 is 20.0 Å². The van der Waals surface area contributed by atoms with E-state index < -0.39 is 0 Å². The fraction of sp³-hybridized carbons (Fsp3) is 0.296. The fourth-order valence-electron chi connectivity index (χ4n) is 5.17. The van der Waals surface area contributed by atoms with Gasteiger partial charge in [0.2, 0.25) is 0 Å². The second-order valence-corrected chi connectivity index (χ2v) is 10.2. The van der Waals surface area contributed by atoms with Crippen LogP contribution in [0.1, 0.15) is 49.4 Å². The molecule has 4 aromatic rings. The number of anilines is 1. The highest BCUT2D eigenvalue weighted by Crippen LogP contribution is 2.39. The monoisotopic (exact) mass is 486 g/mol. The molecule has 35 heavy (non-hydrogen) atoms. The number of hydrogen-bond acceptors (Lipinski definition) is 6. The number of nitrogen functional groups attached to an aromatic ring is 1. The van der Waals surface area contributed by atoms with E-state index in [4.69, 9.17) is 15.1 Å². The Labute approximate surface area is 207 Å². The van der Waals surface area contributed by atoms with Crippen LogP contribution < -0.4 is 5.73 Å². The van der Waals surface area contributed by atoms with Gasteiger partial charge in [0.15, 0.2) is 5.76 Å². The van der Waals surface area contributed by atoms with E-state index in [1.807, 2.05) is 6.07 Å². The topological polar surface area (TPSA) is 92.7 Å². The Morgan fingerprint density at radius 3 is 2.46 bits per heavy atom. The first kappa shape index (κ1) is 21.9. The van der Waals surface area contributed by atoms with E-state index in [9.17, 15) is 9.59 Å². The Hall–Kier alpha value is -3.65. The fourth-order valence-corrected chi connectivity index (χ4v) is 6.24. The van der Waals surface area contributed by atoms with Crippen LogP contribution in [0.2, 0.25) is 0 Å². The van der Waals surface area contributed by atoms with Crippen LogP contribution in [0.25, 0.3) is 10.2 Å². The number of nitrogens with two attached hydrogens (primary N) is 1. The molecule has 3 aromatic heterocycles. The van der Waals surface area contributed by atoms with Crippen LogP contribution in [0.4, 0.5) is 5.69 Å². The van der Waals surface area contributed by atoms with E-state index in [-0.39, 0.29) is 11.8 Å². The van der Waals surface area contributed by atoms with Gasteiger partial charge in [-0.25, -0.2) is 4.98 Å². The summed E-state index contributed by atoms with van der Waals surface area (Å²) in [5.41, 5.74) is 10.7. The maximum absolute atomic E-state index is 13.4. The molecule has 8 heteroatoms. The predicted molar refractivity (Wildman–Crippen MR) is 136 cm³/mol. The molecule has 2 aliphatic rings. The number of benzene rings is 1. The van der Waals surface area contributed by atoms with E-state index in [0.717, 1.165) is 35.2 Å². The summed E-state index contributed by atoms with van der Waals surface area (Å²) in [5.74, 6) is 0.565. The zero-order valence-electron chi connectivity index (χ0n) is 19.3. The van der Waals surface area contributed by atoms with Crippen molar-refractivity contribution < 1.29 is 14.0 Å². The normalized spacial score (nSPS) is 18.0. The Balaban J connectivity index is 1.20. The van der Waals surface area contributed by atoms with Crippen molar-refractivity contribution in [1.29, 1.82) is 0 Å². The summed E-state index contributed by atoms with van der Waals surface area (Å²) in [4.78, 5) is 35.7. The lowest BCUT2D eigenvalue weighted by molar-refractivity contribution is 0.0521. The number of aryl methyl sites for hydroxylation is 1. The number of piperazine rings is 1. The van der Waals surface area contributed by atoms with Gasteiger partial charge in [-0.1, -0.05) is 30.3 Å². The number of furan rings is 1. The third-order valence-electron chi connectivity index (χ3n) is 7.14. The molecule has 6 rings (SSSR count). The third-order valence-corrected chi connectivity index (χ3v) is 8.24. The van der Waals surface area contributed by atoms with Crippen molar-refractivity contribution in [2.45, 2.75) is 25.2 Å². The number of thiophene rings is 1. The molecular weight excluding hydrogens is 460 g/mol. The standard InChI is InChI=1S/C27H26N4O3S/c28-23-20-16-19-15-18(17-5-2-1-3-6-17)8-9-21(19)29-25(20)35-24(23)27(33)31-12-10-30(11-13-31)26(32)22-7-4-14-34-22/h1-7,14,16,18H,8-13,15,28H2. The molecule has 1 aliphatic carbocycles. The minimum absolute atomic E-state index is 0.0873. The van der Waals surface area contributed by atoms with Crippen molar-refractivity contribution >= 4 is 39.1 Å². The first-order chi connectivity index (χ1) is 17.1. The van der Waals surface area contributed by atoms with Crippen molar-refractivity contribution in [2.24, 2.45) is 0 Å². The number of amides is 2. The number of rotatable bonds is 3. The van der Waals surface area contributed by atoms with Crippen LogP contribution in [-0.2, 0) is 12.8 Å². The Morgan fingerprint density at radius 1 is 1.00 bits per heavy atom. The molecule has 0 radical (unpaired) electrons. The molecule has 7 nitrogen and oxygen atoms in total. The van der Waals surface area contributed by atoms with Gasteiger partial charge in [-0.15, -0.1) is 11.3 Å². The number of hydrogen-bond donors (Lipinski definition) is 1. The lowest BCUT2D eigenvalue weighted by Crippen LogP contribution is -2.50. The van der Waals surface area contributed by atoms with Crippen molar-refractivity contribution in [3.8, 4) is 0 Å². The molecular formula is C27H26N4O3S. The number of carbonyl (C=O) groups is 2. The minimum Gasteiger partial charge on any atom is -0.459 e. The minimum atomic E-state index is -0.146. The first-order valence-electron chi connectivity index (χ1n) is 12.0. The van der Waals surface area contributed by atoms with Gasteiger partial charge >= 0.3 is 0 Å². The second kappa shape index (κ2) is 8.85. The van der Waals surface area contributed by atoms with Gasteiger partial charge in [-0.3, -0.25) is 9.59 Å². The first-order valence-corrected chi connectivity index (χ1v) is 12.8. The summed E-state index contributed by atoms with van der Waals surface area (Å²) in [6, 6.07) is 16.1. The van der Waals surface area contributed by atoms with Gasteiger partial charge in [-0.2, -0.15) is 0 Å². The van der Waals surface area contributed by atoms with Crippen molar-refractivity contribution in [1.82, 2.24) is 14.8 Å². The van der Waals surface area contributed by atoms with Gasteiger partial charge in [0, 0.05) is 37.3 Å². The molecule has 178 valence electrons. The number of nitrogens with zero attached hydrogens (tertiary/aromatic N) is 3. The largest absolute Gasteiger partial charge is 0.459 e. The number of fused-ring (bicyclic) bond motifs is 2. The summed E-state index contributed by atoms with van der Waals surface area (Å²) in [6.07, 6.45) is 4.43. The van der Waals surface area contributed by atoms with Crippen molar-refractivity contribution in [3.05, 3.63) is 82.3 Å². The molecule has 0 spiro atoms. The molecule has 1 aliphatic heterocycles. The number of carbonyl (C=O) groups excluding carboxylic acids is 2. The molecule has 1 fully saturated rings. The molecule has 4 heterocycles. The molecule has 0 bridgehead atoms. The van der Waals surface area contributed by atoms with E-state index >= 15 is 0 Å². The molecule has 1 aromatic carbocycles. The summed E-state index contributed by atoms with van der Waals surface area (Å²) in [7, 11) is 0. The number of pyridine rings is 1. The average Bonchev–Trinajstić information content (AvgIpc) is 3.55. The van der Waals surface area contributed by atoms with Gasteiger partial charge in [-0.05, 0) is 54.5 Å². The van der Waals surface area contributed by atoms with Gasteiger partial charge in [0.25, 0.3) is 11.8 Å². The van der Waals surface area contributed by atoms with Gasteiger partial charge in [0.05, 0.1) is 12.0 Å². The maximum atomic E-state index is 13.4. The molecule has 0 saturated carbocycles. The lowest BCUT2D eigenvalue weighted by Gasteiger charge is -2.34. The molecule has 1 unspecified atom stereocenters. The highest BCUT2D eigenvalue weighted by molar-refractivity contribution is 7.21. The number of aromatic nitrogens is 1. The van der Waals surface area contributed by atoms with Crippen LogP contribution in [-0.4, -0.2) is 52.8 Å². The van der Waals surface area contributed by atoms with Crippen LogP contribution >= 0.6 is 11.3 Å². The highest BCUT2D eigenvalue weighted by Gasteiger charge is 2.30. The third kappa shape index (κ3) is 3.97. The zero-order valence-corrected chi connectivity index (χ0v) is 20.1. The SMILES string of the molecule is Nc1c(C(=O)N2CCN(C(=O)c3ccco3)CC2)sc2nc3c(cc12)CC(c1ccccc1)CC3. The summed E-state index contributed by atoms with van der Waals surface area (Å²) in [5, 5.41) is 0.873. The zero-order chi connectivity index (χ0) is 23.9. The van der Waals surface area contributed by atoms with Crippen molar-refractivity contribution in [2.75, 3.05) is 31.9 Å². The van der Waals surface area contributed by atoms with Crippen LogP contribution in [0, 0.1) is 0 Å². The predicted octanol–water partition coefficient (Wildman–Crippen LogP) is 4.34. The maximum Gasteiger partial charge on any atom is 0.289 e.